The first-order chi connectivity index (χ1) is 9.35. The van der Waals surface area contributed by atoms with E-state index in [1.165, 1.54) is 18.5 Å². The molecule has 0 radical (unpaired) electrons. The SMILES string of the molecule is CC(C)(C)OC(=O)N1CCc2c(c(Br)nn2C2CC2)C1. The molecule has 3 rings (SSSR count). The van der Waals surface area contributed by atoms with Crippen molar-refractivity contribution in [2.75, 3.05) is 6.54 Å². The van der Waals surface area contributed by atoms with Gasteiger partial charge in [-0.05, 0) is 49.5 Å². The van der Waals surface area contributed by atoms with Crippen molar-refractivity contribution in [3.63, 3.8) is 0 Å². The van der Waals surface area contributed by atoms with E-state index in [9.17, 15) is 4.79 Å². The summed E-state index contributed by atoms with van der Waals surface area (Å²) in [5.74, 6) is 0. The summed E-state index contributed by atoms with van der Waals surface area (Å²) in [5.41, 5.74) is 1.96. The van der Waals surface area contributed by atoms with Crippen molar-refractivity contribution in [1.82, 2.24) is 14.7 Å². The highest BCUT2D eigenvalue weighted by Crippen LogP contribution is 2.39. The molecular formula is C14H20BrN3O2. The molecule has 0 bridgehead atoms. The van der Waals surface area contributed by atoms with Crippen molar-refractivity contribution in [2.24, 2.45) is 0 Å². The number of aromatic nitrogens is 2. The first kappa shape index (κ1) is 13.9. The van der Waals surface area contributed by atoms with Gasteiger partial charge in [0.15, 0.2) is 0 Å². The van der Waals surface area contributed by atoms with Crippen LogP contribution in [0.3, 0.4) is 0 Å². The van der Waals surface area contributed by atoms with E-state index in [-0.39, 0.29) is 6.09 Å². The van der Waals surface area contributed by atoms with Gasteiger partial charge in [0.25, 0.3) is 0 Å². The Labute approximate surface area is 127 Å². The predicted molar refractivity (Wildman–Crippen MR) is 78.5 cm³/mol. The number of amides is 1. The van der Waals surface area contributed by atoms with Gasteiger partial charge in [0.1, 0.15) is 10.2 Å². The number of carbonyl (C=O) groups excluding carboxylic acids is 1. The van der Waals surface area contributed by atoms with E-state index in [0.29, 0.717) is 19.1 Å². The first-order valence-corrected chi connectivity index (χ1v) is 7.88. The molecular weight excluding hydrogens is 322 g/mol. The van der Waals surface area contributed by atoms with E-state index in [0.717, 1.165) is 16.6 Å². The summed E-state index contributed by atoms with van der Waals surface area (Å²) in [6.07, 6.45) is 3.05. The molecule has 0 N–H and O–H groups in total. The predicted octanol–water partition coefficient (Wildman–Crippen LogP) is 3.27. The Balaban J connectivity index is 1.77. The Morgan fingerprint density at radius 2 is 2.10 bits per heavy atom. The Bertz CT molecular complexity index is 543. The minimum atomic E-state index is -0.452. The molecule has 1 aliphatic carbocycles. The number of nitrogens with zero attached hydrogens (tertiary/aromatic N) is 3. The van der Waals surface area contributed by atoms with E-state index < -0.39 is 5.60 Å². The summed E-state index contributed by atoms with van der Waals surface area (Å²) in [6, 6.07) is 0.572. The molecule has 6 heteroatoms. The minimum absolute atomic E-state index is 0.241. The van der Waals surface area contributed by atoms with Crippen LogP contribution in [-0.2, 0) is 17.7 Å². The molecule has 1 aromatic rings. The molecule has 0 spiro atoms. The molecule has 2 aliphatic rings. The highest BCUT2D eigenvalue weighted by molar-refractivity contribution is 9.10. The average Bonchev–Trinajstić information content (AvgIpc) is 3.13. The second kappa shape index (κ2) is 4.76. The lowest BCUT2D eigenvalue weighted by atomic mass is 10.1. The van der Waals surface area contributed by atoms with Gasteiger partial charge in [-0.15, -0.1) is 0 Å². The average molecular weight is 342 g/mol. The van der Waals surface area contributed by atoms with E-state index in [4.69, 9.17) is 4.74 Å². The zero-order chi connectivity index (χ0) is 14.5. The molecule has 1 aliphatic heterocycles. The van der Waals surface area contributed by atoms with Gasteiger partial charge >= 0.3 is 6.09 Å². The Morgan fingerprint density at radius 3 is 2.70 bits per heavy atom. The number of hydrogen-bond donors (Lipinski definition) is 0. The lowest BCUT2D eigenvalue weighted by Crippen LogP contribution is -2.40. The second-order valence-corrected chi connectivity index (χ2v) is 7.29. The van der Waals surface area contributed by atoms with Gasteiger partial charge in [-0.2, -0.15) is 5.10 Å². The van der Waals surface area contributed by atoms with Crippen LogP contribution in [0.1, 0.15) is 50.9 Å². The maximum Gasteiger partial charge on any atom is 0.410 e. The molecule has 0 aromatic carbocycles. The van der Waals surface area contributed by atoms with Crippen LogP contribution in [0.25, 0.3) is 0 Å². The number of fused-ring (bicyclic) bond motifs is 1. The fourth-order valence-electron chi connectivity index (χ4n) is 2.51. The lowest BCUT2D eigenvalue weighted by molar-refractivity contribution is 0.0222. The van der Waals surface area contributed by atoms with Crippen LogP contribution in [0.5, 0.6) is 0 Å². The summed E-state index contributed by atoms with van der Waals surface area (Å²) in [6.45, 7) is 6.95. The molecule has 20 heavy (non-hydrogen) atoms. The van der Waals surface area contributed by atoms with Gasteiger partial charge in [-0.25, -0.2) is 4.79 Å². The fourth-order valence-corrected chi connectivity index (χ4v) is 3.03. The van der Waals surface area contributed by atoms with Crippen LogP contribution in [-0.4, -0.2) is 32.9 Å². The summed E-state index contributed by atoms with van der Waals surface area (Å²) in [4.78, 5) is 13.9. The van der Waals surface area contributed by atoms with Crippen molar-refractivity contribution >= 4 is 22.0 Å². The lowest BCUT2D eigenvalue weighted by Gasteiger charge is -2.30. The van der Waals surface area contributed by atoms with Crippen molar-refractivity contribution in [3.05, 3.63) is 15.9 Å². The Hall–Kier alpha value is -1.04. The number of ether oxygens (including phenoxy) is 1. The largest absolute Gasteiger partial charge is 0.444 e. The molecule has 1 amide bonds. The van der Waals surface area contributed by atoms with Crippen LogP contribution in [0.2, 0.25) is 0 Å². The third kappa shape index (κ3) is 2.71. The molecule has 2 heterocycles. The maximum atomic E-state index is 12.1. The minimum Gasteiger partial charge on any atom is -0.444 e. The summed E-state index contributed by atoms with van der Waals surface area (Å²) in [7, 11) is 0. The van der Waals surface area contributed by atoms with Gasteiger partial charge in [0, 0.05) is 24.2 Å². The van der Waals surface area contributed by atoms with Crippen LogP contribution in [0.15, 0.2) is 4.60 Å². The van der Waals surface area contributed by atoms with Gasteiger partial charge in [-0.3, -0.25) is 4.68 Å². The molecule has 0 atom stereocenters. The number of rotatable bonds is 1. The zero-order valence-corrected chi connectivity index (χ0v) is 13.7. The molecule has 110 valence electrons. The Kier molecular flexibility index (Phi) is 3.31. The molecule has 0 saturated heterocycles. The maximum absolute atomic E-state index is 12.1. The van der Waals surface area contributed by atoms with E-state index in [1.54, 1.807) is 4.90 Å². The number of carbonyl (C=O) groups is 1. The molecule has 5 nitrogen and oxygen atoms in total. The third-order valence-electron chi connectivity index (χ3n) is 3.58. The summed E-state index contributed by atoms with van der Waals surface area (Å²) in [5, 5.41) is 4.58. The van der Waals surface area contributed by atoms with Crippen LogP contribution in [0.4, 0.5) is 4.79 Å². The zero-order valence-electron chi connectivity index (χ0n) is 12.1. The molecule has 1 saturated carbocycles. The van der Waals surface area contributed by atoms with Gasteiger partial charge < -0.3 is 9.64 Å². The highest BCUT2D eigenvalue weighted by Gasteiger charge is 2.34. The standard InChI is InChI=1S/C14H20BrN3O2/c1-14(2,3)20-13(19)17-7-6-11-10(8-17)12(15)16-18(11)9-4-5-9/h9H,4-8H2,1-3H3. The third-order valence-corrected chi connectivity index (χ3v) is 4.22. The summed E-state index contributed by atoms with van der Waals surface area (Å²) >= 11 is 3.53. The van der Waals surface area contributed by atoms with Crippen LogP contribution < -0.4 is 0 Å². The Morgan fingerprint density at radius 1 is 1.40 bits per heavy atom. The first-order valence-electron chi connectivity index (χ1n) is 7.09. The van der Waals surface area contributed by atoms with Crippen molar-refractivity contribution < 1.29 is 9.53 Å². The fraction of sp³-hybridized carbons (Fsp3) is 0.714. The molecule has 0 unspecified atom stereocenters. The van der Waals surface area contributed by atoms with Crippen LogP contribution in [0, 0.1) is 0 Å². The monoisotopic (exact) mass is 341 g/mol. The molecule has 1 aromatic heterocycles. The number of halogens is 1. The van der Waals surface area contributed by atoms with Crippen LogP contribution >= 0.6 is 15.9 Å². The van der Waals surface area contributed by atoms with Gasteiger partial charge in [-0.1, -0.05) is 0 Å². The number of hydrogen-bond acceptors (Lipinski definition) is 3. The quantitative estimate of drug-likeness (QED) is 0.787. The molecule has 1 fully saturated rings. The van der Waals surface area contributed by atoms with Crippen molar-refractivity contribution in [1.29, 1.82) is 0 Å². The van der Waals surface area contributed by atoms with Crippen molar-refractivity contribution in [2.45, 2.75) is 58.2 Å². The van der Waals surface area contributed by atoms with Gasteiger partial charge in [0.2, 0.25) is 0 Å². The van der Waals surface area contributed by atoms with E-state index in [1.807, 2.05) is 20.8 Å². The smallest absolute Gasteiger partial charge is 0.410 e. The van der Waals surface area contributed by atoms with Crippen molar-refractivity contribution in [3.8, 4) is 0 Å². The second-order valence-electron chi connectivity index (χ2n) is 6.54. The van der Waals surface area contributed by atoms with Gasteiger partial charge in [0.05, 0.1) is 12.6 Å². The normalized spacial score (nSPS) is 18.9. The summed E-state index contributed by atoms with van der Waals surface area (Å²) < 4.78 is 8.46. The van der Waals surface area contributed by atoms with E-state index in [2.05, 4.69) is 25.7 Å². The van der Waals surface area contributed by atoms with E-state index >= 15 is 0 Å². The highest BCUT2D eigenvalue weighted by atomic mass is 79.9. The topological polar surface area (TPSA) is 47.4 Å².